The smallest absolute Gasteiger partial charge is 0.287 e. The molecular formula is C17H16N4O4. The van der Waals surface area contributed by atoms with Crippen molar-refractivity contribution >= 4 is 11.6 Å². The molecule has 0 saturated carbocycles. The van der Waals surface area contributed by atoms with E-state index in [1.165, 1.54) is 0 Å². The largest absolute Gasteiger partial charge is 0.354 e. The van der Waals surface area contributed by atoms with Crippen molar-refractivity contribution in [1.82, 2.24) is 9.88 Å². The topological polar surface area (TPSA) is 118 Å². The van der Waals surface area contributed by atoms with E-state index in [1.54, 1.807) is 6.07 Å². The maximum atomic E-state index is 12.1. The van der Waals surface area contributed by atoms with E-state index in [-0.39, 0.29) is 11.5 Å². The van der Waals surface area contributed by atoms with Crippen molar-refractivity contribution in [1.29, 1.82) is 5.26 Å². The summed E-state index contributed by atoms with van der Waals surface area (Å²) < 4.78 is 0.874. The van der Waals surface area contributed by atoms with Gasteiger partial charge in [0.05, 0.1) is 11.1 Å². The number of pyridine rings is 1. The van der Waals surface area contributed by atoms with Crippen LogP contribution in [0, 0.1) is 21.4 Å². The fourth-order valence-corrected chi connectivity index (χ4v) is 2.29. The molecule has 2 rings (SSSR count). The number of amides is 1. The van der Waals surface area contributed by atoms with Crippen LogP contribution in [0.25, 0.3) is 0 Å². The van der Waals surface area contributed by atoms with E-state index >= 15 is 0 Å². The molecule has 0 aliphatic carbocycles. The molecule has 1 aromatic heterocycles. The van der Waals surface area contributed by atoms with Crippen molar-refractivity contribution < 1.29 is 9.72 Å². The van der Waals surface area contributed by atoms with Crippen LogP contribution in [-0.4, -0.2) is 21.9 Å². The Hall–Kier alpha value is -3.47. The Bertz CT molecular complexity index is 884. The summed E-state index contributed by atoms with van der Waals surface area (Å²) in [5.74, 6) is -0.393. The van der Waals surface area contributed by atoms with Crippen molar-refractivity contribution in [2.45, 2.75) is 19.4 Å². The highest BCUT2D eigenvalue weighted by molar-refractivity contribution is 5.75. The zero-order chi connectivity index (χ0) is 18.4. The predicted octanol–water partition coefficient (Wildman–Crippen LogP) is 1.55. The Morgan fingerprint density at radius 3 is 2.68 bits per heavy atom. The minimum absolute atomic E-state index is 0.0710. The van der Waals surface area contributed by atoms with E-state index in [0.717, 1.165) is 22.4 Å². The summed E-state index contributed by atoms with van der Waals surface area (Å²) in [6.45, 7) is 1.91. The van der Waals surface area contributed by atoms with Gasteiger partial charge in [-0.25, -0.2) is 0 Å². The van der Waals surface area contributed by atoms with Crippen LogP contribution in [-0.2, 0) is 11.3 Å². The molecule has 0 saturated heterocycles. The van der Waals surface area contributed by atoms with E-state index in [4.69, 9.17) is 5.26 Å². The lowest BCUT2D eigenvalue weighted by molar-refractivity contribution is -0.385. The summed E-state index contributed by atoms with van der Waals surface area (Å²) >= 11 is 0. The number of nitrogens with zero attached hydrogens (tertiary/aromatic N) is 3. The molecule has 8 heteroatoms. The summed E-state index contributed by atoms with van der Waals surface area (Å²) in [6, 6.07) is 12.1. The number of nitriles is 1. The maximum Gasteiger partial charge on any atom is 0.287 e. The van der Waals surface area contributed by atoms with Crippen molar-refractivity contribution in [2.24, 2.45) is 0 Å². The second kappa shape index (κ2) is 7.88. The first kappa shape index (κ1) is 17.9. The number of carbonyl (C=O) groups excluding carboxylic acids is 1. The molecule has 25 heavy (non-hydrogen) atoms. The van der Waals surface area contributed by atoms with Crippen LogP contribution in [0.3, 0.4) is 0 Å². The molecule has 1 atom stereocenters. The minimum atomic E-state index is -0.737. The zero-order valence-corrected chi connectivity index (χ0v) is 13.5. The third-order valence-electron chi connectivity index (χ3n) is 3.69. The number of hydrogen-bond acceptors (Lipinski definition) is 5. The molecule has 0 aliphatic rings. The number of carbonyl (C=O) groups is 1. The molecule has 1 aromatic carbocycles. The van der Waals surface area contributed by atoms with Gasteiger partial charge in [-0.05, 0) is 11.5 Å². The van der Waals surface area contributed by atoms with Crippen molar-refractivity contribution in [3.8, 4) is 6.07 Å². The van der Waals surface area contributed by atoms with Gasteiger partial charge >= 0.3 is 0 Å². The molecule has 1 N–H and O–H groups in total. The van der Waals surface area contributed by atoms with Gasteiger partial charge in [0.2, 0.25) is 5.91 Å². The summed E-state index contributed by atoms with van der Waals surface area (Å²) in [5, 5.41) is 22.5. The van der Waals surface area contributed by atoms with Crippen LogP contribution < -0.4 is 10.9 Å². The quantitative estimate of drug-likeness (QED) is 0.632. The van der Waals surface area contributed by atoms with Gasteiger partial charge in [-0.2, -0.15) is 5.26 Å². The summed E-state index contributed by atoms with van der Waals surface area (Å²) in [7, 11) is 0. The zero-order valence-electron chi connectivity index (χ0n) is 13.5. The highest BCUT2D eigenvalue weighted by Crippen LogP contribution is 2.13. The number of aromatic nitrogens is 1. The highest BCUT2D eigenvalue weighted by atomic mass is 16.6. The van der Waals surface area contributed by atoms with Crippen LogP contribution in [0.4, 0.5) is 5.69 Å². The van der Waals surface area contributed by atoms with Crippen molar-refractivity contribution in [3.05, 3.63) is 74.2 Å². The fraction of sp³-hybridized carbons (Fsp3) is 0.235. The summed E-state index contributed by atoms with van der Waals surface area (Å²) in [5.41, 5.74) is -0.470. The average molecular weight is 340 g/mol. The fourth-order valence-electron chi connectivity index (χ4n) is 2.29. The molecule has 0 spiro atoms. The molecule has 0 bridgehead atoms. The Labute approximate surface area is 143 Å². The highest BCUT2D eigenvalue weighted by Gasteiger charge is 2.16. The Balaban J connectivity index is 2.08. The Morgan fingerprint density at radius 2 is 2.08 bits per heavy atom. The van der Waals surface area contributed by atoms with Gasteiger partial charge in [0.1, 0.15) is 18.2 Å². The molecule has 0 radical (unpaired) electrons. The third-order valence-corrected chi connectivity index (χ3v) is 3.69. The molecule has 1 amide bonds. The first-order chi connectivity index (χ1) is 11.9. The molecule has 8 nitrogen and oxygen atoms in total. The number of nitro groups is 1. The second-order valence-electron chi connectivity index (χ2n) is 5.53. The lowest BCUT2D eigenvalue weighted by atomic mass is 10.0. The molecule has 0 unspecified atom stereocenters. The van der Waals surface area contributed by atoms with E-state index in [2.05, 4.69) is 5.32 Å². The standard InChI is InChI=1S/C17H16N4O4/c1-12(13-5-3-2-4-6-13)9-19-16(22)11-20-10-15(21(24)25)7-14(8-18)17(20)23/h2-7,10,12H,9,11H2,1H3,(H,19,22)/t12-/m0/s1. The average Bonchev–Trinajstić information content (AvgIpc) is 2.61. The Kier molecular flexibility index (Phi) is 5.63. The molecule has 0 fully saturated rings. The van der Waals surface area contributed by atoms with Crippen LogP contribution in [0.1, 0.15) is 24.0 Å². The van der Waals surface area contributed by atoms with Gasteiger partial charge in [-0.1, -0.05) is 37.3 Å². The number of rotatable bonds is 6. The van der Waals surface area contributed by atoms with Gasteiger partial charge in [0, 0.05) is 12.6 Å². The molecule has 1 heterocycles. The maximum absolute atomic E-state index is 12.1. The van der Waals surface area contributed by atoms with Gasteiger partial charge in [-0.3, -0.25) is 24.3 Å². The van der Waals surface area contributed by atoms with Crippen LogP contribution in [0.2, 0.25) is 0 Å². The van der Waals surface area contributed by atoms with E-state index < -0.39 is 28.6 Å². The van der Waals surface area contributed by atoms with E-state index in [1.807, 2.05) is 37.3 Å². The molecule has 128 valence electrons. The van der Waals surface area contributed by atoms with E-state index in [9.17, 15) is 19.7 Å². The van der Waals surface area contributed by atoms with Crippen LogP contribution >= 0.6 is 0 Å². The monoisotopic (exact) mass is 340 g/mol. The first-order valence-electron chi connectivity index (χ1n) is 7.53. The number of nitrogens with one attached hydrogen (secondary N) is 1. The second-order valence-corrected chi connectivity index (χ2v) is 5.53. The summed E-state index contributed by atoms with van der Waals surface area (Å²) in [4.78, 5) is 34.2. The van der Waals surface area contributed by atoms with Crippen molar-refractivity contribution in [2.75, 3.05) is 6.54 Å². The lowest BCUT2D eigenvalue weighted by Crippen LogP contribution is -2.34. The van der Waals surface area contributed by atoms with Gasteiger partial charge in [0.15, 0.2) is 0 Å². The van der Waals surface area contributed by atoms with E-state index in [0.29, 0.717) is 6.54 Å². The van der Waals surface area contributed by atoms with Gasteiger partial charge in [0.25, 0.3) is 11.2 Å². The Morgan fingerprint density at radius 1 is 1.40 bits per heavy atom. The lowest BCUT2D eigenvalue weighted by Gasteiger charge is -2.13. The van der Waals surface area contributed by atoms with Crippen LogP contribution in [0.15, 0.2) is 47.4 Å². The predicted molar refractivity (Wildman–Crippen MR) is 89.9 cm³/mol. The van der Waals surface area contributed by atoms with Crippen molar-refractivity contribution in [3.63, 3.8) is 0 Å². The molecular weight excluding hydrogens is 324 g/mol. The minimum Gasteiger partial charge on any atom is -0.354 e. The molecule has 0 aliphatic heterocycles. The molecule has 2 aromatic rings. The summed E-state index contributed by atoms with van der Waals surface area (Å²) in [6.07, 6.45) is 0.962. The van der Waals surface area contributed by atoms with Crippen LogP contribution in [0.5, 0.6) is 0 Å². The normalized spacial score (nSPS) is 11.4. The third kappa shape index (κ3) is 4.51. The van der Waals surface area contributed by atoms with Gasteiger partial charge < -0.3 is 5.32 Å². The van der Waals surface area contributed by atoms with Gasteiger partial charge in [-0.15, -0.1) is 0 Å². The number of hydrogen-bond donors (Lipinski definition) is 1. The SMILES string of the molecule is C[C@@H](CNC(=O)Cn1cc([N+](=O)[O-])cc(C#N)c1=O)c1ccccc1. The first-order valence-corrected chi connectivity index (χ1v) is 7.53. The number of benzene rings is 1.